The van der Waals surface area contributed by atoms with Crippen LogP contribution in [-0.2, 0) is 30.3 Å². The van der Waals surface area contributed by atoms with Gasteiger partial charge in [0.15, 0.2) is 5.78 Å². The monoisotopic (exact) mass is 636 g/mol. The van der Waals surface area contributed by atoms with Crippen LogP contribution in [0.2, 0.25) is 0 Å². The first kappa shape index (κ1) is 28.1. The van der Waals surface area contributed by atoms with E-state index in [4.69, 9.17) is 9.47 Å². The topological polar surface area (TPSA) is 89.9 Å². The summed E-state index contributed by atoms with van der Waals surface area (Å²) in [5.41, 5.74) is -0.846. The quantitative estimate of drug-likeness (QED) is 0.332. The summed E-state index contributed by atoms with van der Waals surface area (Å²) in [6, 6.07) is 7.93. The normalized spacial score (nSPS) is 41.8. The lowest BCUT2D eigenvalue weighted by Crippen LogP contribution is -2.62. The molecule has 1 aromatic carbocycles. The van der Waals surface area contributed by atoms with Crippen LogP contribution in [0.4, 0.5) is 0 Å². The lowest BCUT2D eigenvalue weighted by atomic mass is 9.43. The van der Waals surface area contributed by atoms with Gasteiger partial charge in [0, 0.05) is 21.8 Å². The standard InChI is InChI=1S/C31H41IO6/c1-18(33)31(36)14-11-25-28-24(10-13-30(25,31)4)29(3)12-9-23(37-19(2)34)16-21(29)17-26(28)38-27(35)15-20-5-7-22(32)8-6-20/h5-8,21,23-26,28,36H,9-17H2,1-4H3/t21-,23+,24+,25+,26+,28-,29+,30+,31+/m1/s1. The van der Waals surface area contributed by atoms with Crippen LogP contribution in [0.25, 0.3) is 0 Å². The van der Waals surface area contributed by atoms with Gasteiger partial charge >= 0.3 is 11.9 Å². The highest BCUT2D eigenvalue weighted by Crippen LogP contribution is 2.68. The fraction of sp³-hybridized carbons (Fsp3) is 0.710. The molecule has 0 bridgehead atoms. The summed E-state index contributed by atoms with van der Waals surface area (Å²) in [7, 11) is 0. The van der Waals surface area contributed by atoms with Crippen molar-refractivity contribution in [2.45, 2.75) is 103 Å². The molecule has 0 saturated heterocycles. The van der Waals surface area contributed by atoms with Gasteiger partial charge in [0.2, 0.25) is 0 Å². The van der Waals surface area contributed by atoms with Gasteiger partial charge in [-0.05, 0) is 122 Å². The average molecular weight is 637 g/mol. The minimum Gasteiger partial charge on any atom is -0.463 e. The van der Waals surface area contributed by atoms with Crippen molar-refractivity contribution in [1.29, 1.82) is 0 Å². The lowest BCUT2D eigenvalue weighted by molar-refractivity contribution is -0.207. The number of Topliss-reactive ketones (excluding diaryl/α,β-unsaturated/α-hetero) is 1. The molecule has 208 valence electrons. The number of fused-ring (bicyclic) bond motifs is 5. The molecular weight excluding hydrogens is 595 g/mol. The fourth-order valence-electron chi connectivity index (χ4n) is 9.20. The molecule has 1 aromatic rings. The molecule has 0 aromatic heterocycles. The predicted molar refractivity (Wildman–Crippen MR) is 151 cm³/mol. The van der Waals surface area contributed by atoms with Gasteiger partial charge in [-0.1, -0.05) is 26.0 Å². The second-order valence-electron chi connectivity index (χ2n) is 13.0. The smallest absolute Gasteiger partial charge is 0.310 e. The first-order valence-electron chi connectivity index (χ1n) is 14.2. The first-order chi connectivity index (χ1) is 17.9. The Bertz CT molecular complexity index is 1100. The van der Waals surface area contributed by atoms with E-state index >= 15 is 0 Å². The van der Waals surface area contributed by atoms with Crippen LogP contribution >= 0.6 is 22.6 Å². The molecule has 7 heteroatoms. The number of ketones is 1. The van der Waals surface area contributed by atoms with Crippen molar-refractivity contribution in [1.82, 2.24) is 0 Å². The zero-order valence-electron chi connectivity index (χ0n) is 23.0. The van der Waals surface area contributed by atoms with Crippen LogP contribution < -0.4 is 0 Å². The molecule has 0 radical (unpaired) electrons. The second-order valence-corrected chi connectivity index (χ2v) is 14.2. The van der Waals surface area contributed by atoms with Gasteiger partial charge in [-0.2, -0.15) is 0 Å². The van der Waals surface area contributed by atoms with Crippen molar-refractivity contribution in [3.8, 4) is 0 Å². The van der Waals surface area contributed by atoms with Crippen molar-refractivity contribution in [2.24, 2.45) is 34.5 Å². The number of carbonyl (C=O) groups is 3. The third-order valence-electron chi connectivity index (χ3n) is 11.2. The van der Waals surface area contributed by atoms with Gasteiger partial charge in [-0.15, -0.1) is 0 Å². The number of ether oxygens (including phenoxy) is 2. The highest BCUT2D eigenvalue weighted by Gasteiger charge is 2.68. The van der Waals surface area contributed by atoms with Crippen molar-refractivity contribution in [3.63, 3.8) is 0 Å². The summed E-state index contributed by atoms with van der Waals surface area (Å²) in [5, 5.41) is 11.6. The van der Waals surface area contributed by atoms with Crippen LogP contribution in [0.5, 0.6) is 0 Å². The summed E-state index contributed by atoms with van der Waals surface area (Å²) in [6.45, 7) is 7.47. The summed E-state index contributed by atoms with van der Waals surface area (Å²) in [6.07, 6.45) is 6.17. The number of hydrogen-bond acceptors (Lipinski definition) is 6. The molecule has 0 amide bonds. The molecule has 0 aliphatic heterocycles. The minimum absolute atomic E-state index is 0.0542. The van der Waals surface area contributed by atoms with Gasteiger partial charge in [0.05, 0.1) is 6.42 Å². The van der Waals surface area contributed by atoms with Gasteiger partial charge in [0.25, 0.3) is 0 Å². The molecule has 4 saturated carbocycles. The van der Waals surface area contributed by atoms with Crippen LogP contribution in [0, 0.1) is 38.1 Å². The van der Waals surface area contributed by atoms with E-state index in [0.717, 1.165) is 54.1 Å². The molecule has 9 atom stereocenters. The number of halogens is 1. The Morgan fingerprint density at radius 1 is 0.947 bits per heavy atom. The van der Waals surface area contributed by atoms with E-state index in [0.29, 0.717) is 12.3 Å². The number of hydrogen-bond donors (Lipinski definition) is 1. The van der Waals surface area contributed by atoms with E-state index in [-0.39, 0.29) is 59.5 Å². The highest BCUT2D eigenvalue weighted by molar-refractivity contribution is 14.1. The highest BCUT2D eigenvalue weighted by atomic mass is 127. The molecule has 4 aliphatic rings. The van der Waals surface area contributed by atoms with Crippen molar-refractivity contribution >= 4 is 40.3 Å². The maximum Gasteiger partial charge on any atom is 0.310 e. The van der Waals surface area contributed by atoms with E-state index in [2.05, 4.69) is 36.4 Å². The number of esters is 2. The Hall–Kier alpha value is -1.48. The average Bonchev–Trinajstić information content (AvgIpc) is 3.13. The lowest BCUT2D eigenvalue weighted by Gasteiger charge is -2.63. The fourth-order valence-corrected chi connectivity index (χ4v) is 9.56. The minimum atomic E-state index is -1.32. The van der Waals surface area contributed by atoms with E-state index in [1.54, 1.807) is 0 Å². The summed E-state index contributed by atoms with van der Waals surface area (Å²) >= 11 is 2.25. The van der Waals surface area contributed by atoms with Gasteiger partial charge in [-0.3, -0.25) is 14.4 Å². The number of rotatable bonds is 5. The van der Waals surface area contributed by atoms with Crippen molar-refractivity contribution < 1.29 is 29.0 Å². The summed E-state index contributed by atoms with van der Waals surface area (Å²) < 4.78 is 13.1. The van der Waals surface area contributed by atoms with Crippen LogP contribution in [0.3, 0.4) is 0 Å². The first-order valence-corrected chi connectivity index (χ1v) is 15.3. The predicted octanol–water partition coefficient (Wildman–Crippen LogP) is 5.65. The molecular formula is C31H41IO6. The summed E-state index contributed by atoms with van der Waals surface area (Å²) in [4.78, 5) is 37.7. The SMILES string of the molecule is CC(=O)O[C@H]1CC[C@@]2(C)[C@H](C1)C[C@H](OC(=O)Cc1ccc(I)cc1)[C@@H]1[C@@H]2CC[C@@]2(C)[C@H]1CC[C@]2(O)C(C)=O. The van der Waals surface area contributed by atoms with E-state index in [1.807, 2.05) is 24.3 Å². The molecule has 4 aliphatic carbocycles. The van der Waals surface area contributed by atoms with Crippen LogP contribution in [-0.4, -0.2) is 40.6 Å². The molecule has 6 nitrogen and oxygen atoms in total. The Balaban J connectivity index is 1.45. The van der Waals surface area contributed by atoms with Gasteiger partial charge in [0.1, 0.15) is 17.8 Å². The molecule has 0 heterocycles. The van der Waals surface area contributed by atoms with Crippen molar-refractivity contribution in [2.75, 3.05) is 0 Å². The van der Waals surface area contributed by atoms with Crippen molar-refractivity contribution in [3.05, 3.63) is 33.4 Å². The zero-order chi connectivity index (χ0) is 27.5. The Labute approximate surface area is 239 Å². The molecule has 4 fully saturated rings. The maximum absolute atomic E-state index is 13.3. The number of carbonyl (C=O) groups excluding carboxylic acids is 3. The third-order valence-corrected chi connectivity index (χ3v) is 11.9. The summed E-state index contributed by atoms with van der Waals surface area (Å²) in [5.74, 6) is 0.242. The molecule has 38 heavy (non-hydrogen) atoms. The van der Waals surface area contributed by atoms with E-state index < -0.39 is 11.0 Å². The number of aliphatic hydroxyl groups is 1. The largest absolute Gasteiger partial charge is 0.463 e. The van der Waals surface area contributed by atoms with E-state index in [9.17, 15) is 19.5 Å². The van der Waals surface area contributed by atoms with Crippen LogP contribution in [0.15, 0.2) is 24.3 Å². The third kappa shape index (κ3) is 4.63. The van der Waals surface area contributed by atoms with Gasteiger partial charge < -0.3 is 14.6 Å². The maximum atomic E-state index is 13.3. The van der Waals surface area contributed by atoms with Gasteiger partial charge in [-0.25, -0.2) is 0 Å². The Kier molecular flexibility index (Phi) is 7.51. The molecule has 1 N–H and O–H groups in total. The second kappa shape index (κ2) is 10.2. The molecule has 5 rings (SSSR count). The Morgan fingerprint density at radius 2 is 1.63 bits per heavy atom. The molecule has 0 spiro atoms. The van der Waals surface area contributed by atoms with Crippen LogP contribution in [0.1, 0.15) is 84.6 Å². The Morgan fingerprint density at radius 3 is 2.29 bits per heavy atom. The zero-order valence-corrected chi connectivity index (χ0v) is 25.2. The number of benzene rings is 1. The van der Waals surface area contributed by atoms with E-state index in [1.165, 1.54) is 13.8 Å². The molecule has 0 unspecified atom stereocenters.